The highest BCUT2D eigenvalue weighted by Gasteiger charge is 2.19. The van der Waals surface area contributed by atoms with E-state index in [9.17, 15) is 20.0 Å². The zero-order chi connectivity index (χ0) is 23.8. The summed E-state index contributed by atoms with van der Waals surface area (Å²) in [7, 11) is 0. The van der Waals surface area contributed by atoms with Gasteiger partial charge in [0.05, 0.1) is 11.3 Å². The third kappa shape index (κ3) is 5.52. The average molecular weight is 444 g/mol. The number of nitrogens with zero attached hydrogens (tertiary/aromatic N) is 4. The highest BCUT2D eigenvalue weighted by atomic mass is 16.5. The Kier molecular flexibility index (Phi) is 7.71. The Morgan fingerprint density at radius 2 is 1.82 bits per heavy atom. The minimum absolute atomic E-state index is 0.00355. The van der Waals surface area contributed by atoms with Crippen molar-refractivity contribution in [3.8, 4) is 11.9 Å². The number of aromatic hydroxyl groups is 1. The molecule has 0 aliphatic carbocycles. The van der Waals surface area contributed by atoms with Crippen molar-refractivity contribution in [2.75, 3.05) is 0 Å². The highest BCUT2D eigenvalue weighted by Crippen LogP contribution is 2.27. The molecule has 0 saturated heterocycles. The lowest BCUT2D eigenvalue weighted by atomic mass is 10.1. The summed E-state index contributed by atoms with van der Waals surface area (Å²) in [4.78, 5) is 25.1. The van der Waals surface area contributed by atoms with Crippen LogP contribution in [0.3, 0.4) is 0 Å². The van der Waals surface area contributed by atoms with E-state index >= 15 is 0 Å². The van der Waals surface area contributed by atoms with E-state index in [1.165, 1.54) is 0 Å². The van der Waals surface area contributed by atoms with E-state index in [0.29, 0.717) is 17.7 Å². The molecule has 0 aliphatic rings. The van der Waals surface area contributed by atoms with Gasteiger partial charge in [-0.1, -0.05) is 43.7 Å². The molecule has 0 bridgehead atoms. The van der Waals surface area contributed by atoms with E-state index in [2.05, 4.69) is 10.2 Å². The molecular weight excluding hydrogens is 420 g/mol. The SMILES string of the molecule is CCCCn1c(O)c(C#N)c(C)c(N=Nc2ccc(C(=O)OCc3ccccc3)cc2)c1=O. The van der Waals surface area contributed by atoms with Gasteiger partial charge in [0.15, 0.2) is 5.69 Å². The molecule has 0 spiro atoms. The first-order valence-corrected chi connectivity index (χ1v) is 10.6. The fourth-order valence-electron chi connectivity index (χ4n) is 3.16. The quantitative estimate of drug-likeness (QED) is 0.373. The van der Waals surface area contributed by atoms with Crippen molar-refractivity contribution < 1.29 is 14.6 Å². The highest BCUT2D eigenvalue weighted by molar-refractivity contribution is 5.89. The second-order valence-corrected chi connectivity index (χ2v) is 7.40. The first kappa shape index (κ1) is 23.4. The van der Waals surface area contributed by atoms with Crippen LogP contribution >= 0.6 is 0 Å². The number of rotatable bonds is 8. The van der Waals surface area contributed by atoms with Crippen LogP contribution in [0.1, 0.15) is 46.8 Å². The summed E-state index contributed by atoms with van der Waals surface area (Å²) in [6.45, 7) is 3.96. The number of aromatic nitrogens is 1. The van der Waals surface area contributed by atoms with Crippen molar-refractivity contribution in [3.63, 3.8) is 0 Å². The molecule has 0 fully saturated rings. The Labute approximate surface area is 191 Å². The molecule has 2 aromatic carbocycles. The largest absolute Gasteiger partial charge is 0.493 e. The number of carbonyl (C=O) groups excluding carboxylic acids is 1. The number of nitriles is 1. The molecule has 1 heterocycles. The minimum atomic E-state index is -0.512. The summed E-state index contributed by atoms with van der Waals surface area (Å²) in [5.74, 6) is -0.819. The smallest absolute Gasteiger partial charge is 0.338 e. The van der Waals surface area contributed by atoms with Crippen LogP contribution in [0.5, 0.6) is 5.88 Å². The van der Waals surface area contributed by atoms with Crippen LogP contribution in [0.15, 0.2) is 69.6 Å². The summed E-state index contributed by atoms with van der Waals surface area (Å²) in [6.07, 6.45) is 1.48. The van der Waals surface area contributed by atoms with Gasteiger partial charge < -0.3 is 9.84 Å². The number of esters is 1. The van der Waals surface area contributed by atoms with Crippen LogP contribution in [0.4, 0.5) is 11.4 Å². The van der Waals surface area contributed by atoms with Crippen molar-refractivity contribution >= 4 is 17.3 Å². The molecule has 0 atom stereocenters. The van der Waals surface area contributed by atoms with E-state index in [-0.39, 0.29) is 35.8 Å². The number of benzene rings is 2. The number of carbonyl (C=O) groups is 1. The van der Waals surface area contributed by atoms with Gasteiger partial charge >= 0.3 is 5.97 Å². The summed E-state index contributed by atoms with van der Waals surface area (Å²) >= 11 is 0. The maximum absolute atomic E-state index is 12.8. The van der Waals surface area contributed by atoms with Crippen molar-refractivity contribution in [2.45, 2.75) is 39.8 Å². The molecule has 168 valence electrons. The maximum Gasteiger partial charge on any atom is 0.338 e. The van der Waals surface area contributed by atoms with Crippen molar-refractivity contribution in [1.82, 2.24) is 4.57 Å². The molecule has 8 heteroatoms. The van der Waals surface area contributed by atoms with Gasteiger partial charge in [-0.25, -0.2) is 4.79 Å². The molecule has 1 N–H and O–H groups in total. The number of unbranched alkanes of at least 4 members (excludes halogenated alkanes) is 1. The minimum Gasteiger partial charge on any atom is -0.493 e. The Hall–Kier alpha value is -4.25. The normalized spacial score (nSPS) is 10.8. The zero-order valence-electron chi connectivity index (χ0n) is 18.5. The number of pyridine rings is 1. The van der Waals surface area contributed by atoms with Crippen LogP contribution in [0, 0.1) is 18.3 Å². The van der Waals surface area contributed by atoms with Crippen LogP contribution in [0.2, 0.25) is 0 Å². The molecule has 3 rings (SSSR count). The molecule has 1 aromatic heterocycles. The molecule has 8 nitrogen and oxygen atoms in total. The summed E-state index contributed by atoms with van der Waals surface area (Å²) in [6, 6.07) is 17.6. The summed E-state index contributed by atoms with van der Waals surface area (Å²) in [5, 5.41) is 27.9. The maximum atomic E-state index is 12.8. The first-order chi connectivity index (χ1) is 16.0. The van der Waals surface area contributed by atoms with Crippen LogP contribution in [-0.2, 0) is 17.9 Å². The van der Waals surface area contributed by atoms with Gasteiger partial charge in [0, 0.05) is 12.1 Å². The van der Waals surface area contributed by atoms with Crippen LogP contribution < -0.4 is 5.56 Å². The lowest BCUT2D eigenvalue weighted by Crippen LogP contribution is -2.22. The van der Waals surface area contributed by atoms with Gasteiger partial charge in [0.1, 0.15) is 18.2 Å². The second kappa shape index (κ2) is 10.9. The molecule has 33 heavy (non-hydrogen) atoms. The second-order valence-electron chi connectivity index (χ2n) is 7.40. The third-order valence-corrected chi connectivity index (χ3v) is 5.09. The molecule has 3 aromatic rings. The number of hydrogen-bond donors (Lipinski definition) is 1. The van der Waals surface area contributed by atoms with Gasteiger partial charge in [-0.05, 0) is 43.2 Å². The van der Waals surface area contributed by atoms with Gasteiger partial charge in [-0.15, -0.1) is 5.11 Å². The fourth-order valence-corrected chi connectivity index (χ4v) is 3.16. The summed E-state index contributed by atoms with van der Waals surface area (Å²) in [5.41, 5.74) is 1.41. The Morgan fingerprint density at radius 3 is 2.45 bits per heavy atom. The fraction of sp³-hybridized carbons (Fsp3) is 0.240. The predicted octanol–water partition coefficient (Wildman–Crippen LogP) is 5.31. The molecule has 0 aliphatic heterocycles. The average Bonchev–Trinajstić information content (AvgIpc) is 2.83. The topological polar surface area (TPSA) is 117 Å². The predicted molar refractivity (Wildman–Crippen MR) is 123 cm³/mol. The van der Waals surface area contributed by atoms with Crippen LogP contribution in [-0.4, -0.2) is 15.6 Å². The molecule has 0 unspecified atom stereocenters. The third-order valence-electron chi connectivity index (χ3n) is 5.09. The van der Waals surface area contributed by atoms with Gasteiger partial charge in [-0.3, -0.25) is 9.36 Å². The Balaban J connectivity index is 1.79. The van der Waals surface area contributed by atoms with E-state index < -0.39 is 11.5 Å². The molecule has 0 saturated carbocycles. The van der Waals surface area contributed by atoms with E-state index in [1.807, 2.05) is 43.3 Å². The summed E-state index contributed by atoms with van der Waals surface area (Å²) < 4.78 is 6.45. The monoisotopic (exact) mass is 444 g/mol. The van der Waals surface area contributed by atoms with Gasteiger partial charge in [-0.2, -0.15) is 10.4 Å². The number of azo groups is 1. The van der Waals surface area contributed by atoms with Crippen LogP contribution in [0.25, 0.3) is 0 Å². The molecular formula is C25H24N4O4. The van der Waals surface area contributed by atoms with E-state index in [4.69, 9.17) is 4.74 Å². The molecule has 0 amide bonds. The lowest BCUT2D eigenvalue weighted by Gasteiger charge is -2.12. The van der Waals surface area contributed by atoms with E-state index in [0.717, 1.165) is 16.6 Å². The van der Waals surface area contributed by atoms with Gasteiger partial charge in [0.25, 0.3) is 5.56 Å². The molecule has 0 radical (unpaired) electrons. The number of hydrogen-bond acceptors (Lipinski definition) is 7. The lowest BCUT2D eigenvalue weighted by molar-refractivity contribution is 0.0472. The first-order valence-electron chi connectivity index (χ1n) is 10.6. The number of ether oxygens (including phenoxy) is 1. The van der Waals surface area contributed by atoms with Crippen molar-refractivity contribution in [2.24, 2.45) is 10.2 Å². The van der Waals surface area contributed by atoms with Crippen molar-refractivity contribution in [1.29, 1.82) is 5.26 Å². The van der Waals surface area contributed by atoms with E-state index in [1.54, 1.807) is 31.2 Å². The standard InChI is InChI=1S/C25H24N4O4/c1-3-4-14-29-23(30)21(15-26)17(2)22(24(29)31)28-27-20-12-10-19(11-13-20)25(32)33-16-18-8-6-5-7-9-18/h5-13,30H,3-4,14,16H2,1-2H3. The Bertz CT molecular complexity index is 1260. The Morgan fingerprint density at radius 1 is 1.12 bits per heavy atom. The van der Waals surface area contributed by atoms with Gasteiger partial charge in [0.2, 0.25) is 5.88 Å². The van der Waals surface area contributed by atoms with Crippen molar-refractivity contribution in [3.05, 3.63) is 87.2 Å². The zero-order valence-corrected chi connectivity index (χ0v) is 18.5.